The van der Waals surface area contributed by atoms with Crippen molar-refractivity contribution >= 4 is 141 Å². The van der Waals surface area contributed by atoms with E-state index in [1.807, 2.05) is 155 Å². The molecule has 0 unspecified atom stereocenters. The van der Waals surface area contributed by atoms with Crippen molar-refractivity contribution in [2.24, 2.45) is 0 Å². The van der Waals surface area contributed by atoms with Crippen molar-refractivity contribution in [1.29, 1.82) is 0 Å². The van der Waals surface area contributed by atoms with E-state index in [0.29, 0.717) is 61.4 Å². The summed E-state index contributed by atoms with van der Waals surface area (Å²) < 4.78 is 183. The highest BCUT2D eigenvalue weighted by Gasteiger charge is 2.53. The Morgan fingerprint density at radius 3 is 1.56 bits per heavy atom. The predicted octanol–water partition coefficient (Wildman–Crippen LogP) is 21.9. The van der Waals surface area contributed by atoms with E-state index in [4.69, 9.17) is 6.11 Å². The van der Waals surface area contributed by atoms with Crippen LogP contribution < -0.4 is 52.2 Å². The number of anilines is 9. The Hall–Kier alpha value is -11.0. The number of ether oxygens (including phenoxy) is 1. The Balaban J connectivity index is 1.06. The Morgan fingerprint density at radius 1 is 0.360 bits per heavy atom. The highest BCUT2D eigenvalue weighted by atomic mass is 32.2. The number of hydrogen-bond donors (Lipinski definition) is 0. The van der Waals surface area contributed by atoms with Gasteiger partial charge in [0, 0.05) is 86.3 Å². The molecule has 0 N–H and O–H groups in total. The molecule has 0 bridgehead atoms. The van der Waals surface area contributed by atoms with Gasteiger partial charge in [-0.05, 0) is 167 Å². The lowest BCUT2D eigenvalue weighted by Gasteiger charge is -2.49. The maximum Gasteiger partial charge on any atom is 0.259 e. The molecule has 14 aromatic carbocycles. The summed E-state index contributed by atoms with van der Waals surface area (Å²) in [7, 11) is 0. The van der Waals surface area contributed by atoms with Gasteiger partial charge in [-0.1, -0.05) is 271 Å². The first kappa shape index (κ1) is 44.1. The number of rotatable bonds is 8. The summed E-state index contributed by atoms with van der Waals surface area (Å²) in [6, 6.07) is 54.1. The van der Waals surface area contributed by atoms with Crippen LogP contribution in [0.25, 0.3) is 75.8 Å². The first-order chi connectivity index (χ1) is 56.0. The van der Waals surface area contributed by atoms with E-state index in [1.54, 1.807) is 17.4 Å². The Bertz CT molecular complexity index is 6830. The molecule has 0 fully saturated rings. The fourth-order valence-corrected chi connectivity index (χ4v) is 17.9. The second-order valence-electron chi connectivity index (χ2n) is 28.1. The first-order valence-electron chi connectivity index (χ1n) is 42.1. The van der Waals surface area contributed by atoms with Crippen LogP contribution in [-0.2, 0) is 10.8 Å². The summed E-state index contributed by atoms with van der Waals surface area (Å²) in [6.07, 6.45) is 0. The van der Waals surface area contributed by atoms with Crippen LogP contribution in [-0.4, -0.2) is 13.4 Å². The van der Waals surface area contributed by atoms with Crippen LogP contribution in [0.1, 0.15) is 76.0 Å². The molecule has 0 spiro atoms. The van der Waals surface area contributed by atoms with Gasteiger partial charge in [-0.2, -0.15) is 0 Å². The minimum Gasteiger partial charge on any atom is -0.459 e. The lowest BCUT2D eigenvalue weighted by molar-refractivity contribution is 0.490. The molecule has 0 radical (unpaired) electrons. The van der Waals surface area contributed by atoms with E-state index in [0.717, 1.165) is 54.2 Å². The van der Waals surface area contributed by atoms with Gasteiger partial charge >= 0.3 is 0 Å². The van der Waals surface area contributed by atoms with E-state index < -0.39 is 95.8 Å². The molecule has 1 aromatic heterocycles. The lowest BCUT2D eigenvalue weighted by Crippen LogP contribution is -2.66. The average Bonchev–Trinajstić information content (AvgIpc) is 0.814. The molecule has 20 rings (SSSR count). The van der Waals surface area contributed by atoms with E-state index >= 15 is 0 Å². The van der Waals surface area contributed by atoms with Gasteiger partial charge in [0.1, 0.15) is 11.5 Å². The summed E-state index contributed by atoms with van der Waals surface area (Å²) in [4.78, 5) is 6.30. The van der Waals surface area contributed by atoms with Gasteiger partial charge in [0.25, 0.3) is 13.4 Å². The third-order valence-corrected chi connectivity index (χ3v) is 22.5. The topological polar surface area (TPSA) is 19.0 Å². The zero-order valence-corrected chi connectivity index (χ0v) is 56.8. The number of benzene rings is 14. The van der Waals surface area contributed by atoms with Crippen molar-refractivity contribution in [2.75, 3.05) is 14.7 Å². The van der Waals surface area contributed by atoms with Gasteiger partial charge in [0.2, 0.25) is 0 Å². The maximum absolute atomic E-state index is 12.3. The van der Waals surface area contributed by atoms with Crippen molar-refractivity contribution in [3.05, 3.63) is 308 Å². The van der Waals surface area contributed by atoms with Crippen LogP contribution in [0.2, 0.25) is 0 Å². The molecule has 5 aliphatic rings. The van der Waals surface area contributed by atoms with Crippen molar-refractivity contribution in [1.82, 2.24) is 0 Å². The SMILES string of the molecule is [2H]c1cc2c3c(c1[2H])Sc1c([2H])c([2H])c([2H])c4c1B3c1c(c3c(c([2H])c1N2c1c(-c2ccccc2)c([2H])c([2H])c([2H])c1-c1ccccc1)N(c1cccc2sc5ccccc5c12)c1cc(C(C)(C)C)cc2c1B3c1c([2H])c([2H])c(-c3c([2H])c([2H])c([2H])c([2H])c3[2H])c([2H])c1N2c1c(-c2ccccc2)cc(C(C)(C)C)cc1-c1ccccc1)O4. The molecule has 0 saturated heterocycles. The van der Waals surface area contributed by atoms with Crippen LogP contribution in [0.4, 0.5) is 51.2 Å². The highest BCUT2D eigenvalue weighted by molar-refractivity contribution is 8.00. The fourth-order valence-electron chi connectivity index (χ4n) is 15.7. The van der Waals surface area contributed by atoms with Crippen LogP contribution in [0.5, 0.6) is 11.5 Å². The quantitative estimate of drug-likeness (QED) is 0.141. The number of para-hydroxylation sites is 1. The van der Waals surface area contributed by atoms with Gasteiger partial charge in [-0.25, -0.2) is 0 Å². The van der Waals surface area contributed by atoms with Gasteiger partial charge in [0.15, 0.2) is 0 Å². The van der Waals surface area contributed by atoms with Crippen molar-refractivity contribution in [2.45, 2.75) is 62.2 Å². The summed E-state index contributed by atoms with van der Waals surface area (Å²) in [5.74, 6) is -0.112. The lowest BCUT2D eigenvalue weighted by atomic mass is 9.29. The third-order valence-electron chi connectivity index (χ3n) is 20.3. The molecule has 100 heavy (non-hydrogen) atoms. The van der Waals surface area contributed by atoms with Crippen molar-refractivity contribution in [3.63, 3.8) is 0 Å². The Kier molecular flexibility index (Phi) is 9.81. The van der Waals surface area contributed by atoms with Crippen LogP contribution >= 0.6 is 23.1 Å². The van der Waals surface area contributed by atoms with Crippen LogP contribution in [0.3, 0.4) is 0 Å². The molecule has 5 aliphatic heterocycles. The molecular formula is C92H67B2N3OS2. The van der Waals surface area contributed by atoms with Gasteiger partial charge in [-0.15, -0.1) is 11.3 Å². The Morgan fingerprint density at radius 2 is 0.900 bits per heavy atom. The van der Waals surface area contributed by atoms with E-state index in [2.05, 4.69) is 88.9 Å². The van der Waals surface area contributed by atoms with Gasteiger partial charge in [-0.3, -0.25) is 0 Å². The van der Waals surface area contributed by atoms with Gasteiger partial charge in [0.05, 0.1) is 40.4 Å². The molecule has 474 valence electrons. The zero-order chi connectivity index (χ0) is 81.7. The maximum atomic E-state index is 12.3. The molecule has 8 heteroatoms. The smallest absolute Gasteiger partial charge is 0.259 e. The van der Waals surface area contributed by atoms with Crippen LogP contribution in [0, 0.1) is 0 Å². The second-order valence-corrected chi connectivity index (χ2v) is 30.2. The number of hydrogen-bond acceptors (Lipinski definition) is 6. The number of nitrogens with zero attached hydrogens (tertiary/aromatic N) is 3. The summed E-state index contributed by atoms with van der Waals surface area (Å²) in [6.45, 7) is 10.1. The van der Waals surface area contributed by atoms with E-state index in [1.165, 1.54) is 0 Å². The molecule has 4 nitrogen and oxygen atoms in total. The fraction of sp³-hybridized carbons (Fsp3) is 0.0870. The standard InChI is InChI=1S/C92H67B2N3OS2/c1-91(2,3)62-51-67(59-34-18-10-19-35-59)89(68(52-62)60-36-20-11-21-37-60)97-72-50-61(56-28-12-7-13-29-56)48-49-69(72)93-83-73(53-63(54-74(83)97)92(4,5)6)95(70-41-25-45-79-82(70)66-38-22-23-44-78(66)99-79)75-55-76-86-90(85(75)93)98-77-43-27-47-81-87(77)94(86)84-71(42-26-46-80(84)100-81)96(76)88-64(57-30-14-8-15-31-57)39-24-40-65(88)58-32-16-9-17-33-58/h7-55H,1-6H3/i7D,12D,13D,24D,26D,27D,28D,29D,39D,40D,43D,46D,47D,48D,49D,50D,55D. The average molecular weight is 1330 g/mol. The first-order valence-corrected chi connectivity index (χ1v) is 35.2. The summed E-state index contributed by atoms with van der Waals surface area (Å²) in [5.41, 5.74) is 8.14. The molecule has 0 atom stereocenters. The highest BCUT2D eigenvalue weighted by Crippen LogP contribution is 2.58. The van der Waals surface area contributed by atoms with Crippen molar-refractivity contribution in [3.8, 4) is 67.1 Å². The minimum atomic E-state index is -1.44. The number of thiophene rings is 1. The summed E-state index contributed by atoms with van der Waals surface area (Å²) >= 11 is 2.60. The Labute approximate surface area is 617 Å². The predicted molar refractivity (Wildman–Crippen MR) is 428 cm³/mol. The monoisotopic (exact) mass is 1330 g/mol. The molecule has 0 saturated carbocycles. The largest absolute Gasteiger partial charge is 0.459 e. The molecule has 15 aromatic rings. The number of fused-ring (bicyclic) bond motifs is 8. The second kappa shape index (κ2) is 22.2. The van der Waals surface area contributed by atoms with E-state index in [-0.39, 0.29) is 120 Å². The third kappa shape index (κ3) is 8.89. The molecule has 0 aliphatic carbocycles. The normalized spacial score (nSPS) is 16.0. The molecular weight excluding hydrogens is 1250 g/mol. The zero-order valence-electron chi connectivity index (χ0n) is 72.2. The summed E-state index contributed by atoms with van der Waals surface area (Å²) in [5, 5.41) is 1.67. The van der Waals surface area contributed by atoms with Gasteiger partial charge < -0.3 is 19.4 Å². The van der Waals surface area contributed by atoms with Crippen LogP contribution in [0.15, 0.2) is 307 Å². The van der Waals surface area contributed by atoms with E-state index in [9.17, 15) is 21.9 Å². The van der Waals surface area contributed by atoms with Crippen molar-refractivity contribution < 1.29 is 28.0 Å². The minimum absolute atomic E-state index is 0.00164. The molecule has 0 amide bonds. The molecule has 6 heterocycles.